The van der Waals surface area contributed by atoms with Gasteiger partial charge in [0.05, 0.1) is 5.92 Å². The zero-order chi connectivity index (χ0) is 19.0. The largest absolute Gasteiger partial charge is 0.353 e. The van der Waals surface area contributed by atoms with Crippen LogP contribution in [0.1, 0.15) is 55.7 Å². The Morgan fingerprint density at radius 3 is 2.81 bits per heavy atom. The van der Waals surface area contributed by atoms with Gasteiger partial charge in [-0.1, -0.05) is 6.92 Å². The molecule has 26 heavy (non-hydrogen) atoms. The van der Waals surface area contributed by atoms with Gasteiger partial charge in [0.25, 0.3) is 5.91 Å². The van der Waals surface area contributed by atoms with Crippen LogP contribution in [-0.2, 0) is 11.3 Å². The van der Waals surface area contributed by atoms with E-state index in [0.717, 1.165) is 23.5 Å². The number of hydrogen-bond donors (Lipinski definition) is 3. The number of aryl methyl sites for hydroxylation is 1. The summed E-state index contributed by atoms with van der Waals surface area (Å²) < 4.78 is 0. The first-order valence-electron chi connectivity index (χ1n) is 9.39. The maximum absolute atomic E-state index is 12.8. The van der Waals surface area contributed by atoms with Gasteiger partial charge >= 0.3 is 0 Å². The van der Waals surface area contributed by atoms with E-state index in [1.165, 1.54) is 0 Å². The first-order valence-corrected chi connectivity index (χ1v) is 9.39. The Morgan fingerprint density at radius 2 is 2.15 bits per heavy atom. The number of rotatable bonds is 4. The lowest BCUT2D eigenvalue weighted by Crippen LogP contribution is -2.50. The quantitative estimate of drug-likeness (QED) is 0.759. The summed E-state index contributed by atoms with van der Waals surface area (Å²) in [4.78, 5) is 29.7. The van der Waals surface area contributed by atoms with Gasteiger partial charge in [-0.3, -0.25) is 14.6 Å². The first-order chi connectivity index (χ1) is 12.3. The van der Waals surface area contributed by atoms with Gasteiger partial charge in [-0.2, -0.15) is 0 Å². The monoisotopic (exact) mass is 359 g/mol. The van der Waals surface area contributed by atoms with E-state index in [-0.39, 0.29) is 35.7 Å². The molecular weight excluding hydrogens is 330 g/mol. The highest BCUT2D eigenvalue weighted by atomic mass is 16.2. The van der Waals surface area contributed by atoms with E-state index >= 15 is 0 Å². The predicted molar refractivity (Wildman–Crippen MR) is 101 cm³/mol. The fourth-order valence-electron chi connectivity index (χ4n) is 3.91. The number of nitrogens with zero attached hydrogens (tertiary/aromatic N) is 2. The third-order valence-corrected chi connectivity index (χ3v) is 5.27. The molecule has 0 radical (unpaired) electrons. The van der Waals surface area contributed by atoms with Crippen molar-refractivity contribution in [2.45, 2.75) is 59.7 Å². The van der Waals surface area contributed by atoms with E-state index in [4.69, 9.17) is 0 Å². The van der Waals surface area contributed by atoms with Crippen molar-refractivity contribution in [1.29, 1.82) is 0 Å². The van der Waals surface area contributed by atoms with Crippen molar-refractivity contribution >= 4 is 17.6 Å². The maximum atomic E-state index is 12.8. The van der Waals surface area contributed by atoms with Crippen molar-refractivity contribution in [3.63, 3.8) is 0 Å². The summed E-state index contributed by atoms with van der Waals surface area (Å²) in [5.74, 6) is 0.777. The highest BCUT2D eigenvalue weighted by Gasteiger charge is 2.33. The lowest BCUT2D eigenvalue weighted by atomic mass is 9.84. The molecule has 1 aromatic rings. The van der Waals surface area contributed by atoms with Crippen LogP contribution in [-0.4, -0.2) is 35.4 Å². The lowest BCUT2D eigenvalue weighted by molar-refractivity contribution is -0.129. The Hall–Kier alpha value is -2.15. The zero-order valence-electron chi connectivity index (χ0n) is 16.2. The molecule has 7 nitrogen and oxygen atoms in total. The van der Waals surface area contributed by atoms with Crippen LogP contribution in [0.3, 0.4) is 0 Å². The average molecular weight is 359 g/mol. The predicted octanol–water partition coefficient (Wildman–Crippen LogP) is 1.51. The Balaban J connectivity index is 1.75. The van der Waals surface area contributed by atoms with Gasteiger partial charge in [-0.05, 0) is 46.1 Å². The number of piperidine rings is 1. The molecule has 2 aliphatic heterocycles. The molecule has 0 aromatic carbocycles. The van der Waals surface area contributed by atoms with E-state index in [1.54, 1.807) is 0 Å². The minimum Gasteiger partial charge on any atom is -0.353 e. The normalized spacial score (nSPS) is 25.2. The van der Waals surface area contributed by atoms with Gasteiger partial charge in [0.15, 0.2) is 0 Å². The van der Waals surface area contributed by atoms with Crippen molar-refractivity contribution < 1.29 is 9.59 Å². The van der Waals surface area contributed by atoms with E-state index < -0.39 is 0 Å². The highest BCUT2D eigenvalue weighted by Crippen LogP contribution is 2.28. The molecule has 2 amide bonds. The van der Waals surface area contributed by atoms with Gasteiger partial charge in [-0.25, -0.2) is 10.4 Å². The summed E-state index contributed by atoms with van der Waals surface area (Å²) in [6.45, 7) is 11.1. The molecule has 3 atom stereocenters. The minimum absolute atomic E-state index is 0.0281. The molecule has 0 spiro atoms. The molecule has 1 aromatic heterocycles. The Labute approximate surface area is 154 Å². The van der Waals surface area contributed by atoms with Crippen LogP contribution < -0.4 is 21.1 Å². The fourth-order valence-corrected chi connectivity index (χ4v) is 3.91. The van der Waals surface area contributed by atoms with Crippen molar-refractivity contribution in [2.24, 2.45) is 11.8 Å². The number of hydrogen-bond acceptors (Lipinski definition) is 5. The topological polar surface area (TPSA) is 86.4 Å². The first kappa shape index (κ1) is 18.6. The number of hydrazine groups is 1. The van der Waals surface area contributed by atoms with Crippen LogP contribution >= 0.6 is 0 Å². The lowest BCUT2D eigenvalue weighted by Gasteiger charge is -2.32. The third kappa shape index (κ3) is 3.53. The number of carbonyl (C=O) groups excluding carboxylic acids is 2. The number of nitrogens with one attached hydrogen (secondary N) is 3. The van der Waals surface area contributed by atoms with Crippen molar-refractivity contribution in [1.82, 2.24) is 21.0 Å². The molecule has 3 N–H and O–H groups in total. The molecule has 7 heteroatoms. The van der Waals surface area contributed by atoms with E-state index in [9.17, 15) is 9.59 Å². The molecular formula is C19H29N5O2. The number of pyridine rings is 1. The van der Waals surface area contributed by atoms with E-state index in [2.05, 4.69) is 41.8 Å². The maximum Gasteiger partial charge on any atom is 0.251 e. The molecule has 1 saturated heterocycles. The van der Waals surface area contributed by atoms with E-state index in [1.807, 2.05) is 24.9 Å². The minimum atomic E-state index is -0.184. The number of amides is 2. The summed E-state index contributed by atoms with van der Waals surface area (Å²) >= 11 is 0. The Morgan fingerprint density at radius 1 is 1.42 bits per heavy atom. The summed E-state index contributed by atoms with van der Waals surface area (Å²) in [5.41, 5.74) is 5.65. The summed E-state index contributed by atoms with van der Waals surface area (Å²) in [6, 6.07) is 2.27. The van der Waals surface area contributed by atoms with Crippen molar-refractivity contribution in [3.05, 3.63) is 22.9 Å². The molecule has 0 aliphatic carbocycles. The smallest absolute Gasteiger partial charge is 0.251 e. The fraction of sp³-hybridized carbons (Fsp3) is 0.632. The van der Waals surface area contributed by atoms with Crippen LogP contribution in [0.5, 0.6) is 0 Å². The SMILES string of the molecule is Cc1cc(C(=O)NCC2C(=O)NC(C)CC2C)c2c(n1)N(C(C)C)NC2. The molecule has 2 aliphatic rings. The Bertz CT molecular complexity index is 718. The molecule has 3 unspecified atom stereocenters. The second-order valence-corrected chi connectivity index (χ2v) is 7.85. The van der Waals surface area contributed by atoms with Gasteiger partial charge in [0.2, 0.25) is 5.91 Å². The summed E-state index contributed by atoms with van der Waals surface area (Å²) in [7, 11) is 0. The molecule has 3 heterocycles. The van der Waals surface area contributed by atoms with Gasteiger partial charge in [-0.15, -0.1) is 0 Å². The molecule has 1 fully saturated rings. The van der Waals surface area contributed by atoms with Gasteiger partial charge in [0.1, 0.15) is 5.82 Å². The molecule has 0 bridgehead atoms. The standard InChI is InChI=1S/C19H29N5O2/c1-10(2)24-17-16(9-21-24)14(7-13(5)22-17)18(25)20-8-15-11(3)6-12(4)23-19(15)26/h7,10-12,15,21H,6,8-9H2,1-5H3,(H,20,25)(H,23,26). The van der Waals surface area contributed by atoms with Crippen molar-refractivity contribution in [3.8, 4) is 0 Å². The number of aromatic nitrogens is 1. The highest BCUT2D eigenvalue weighted by molar-refractivity contribution is 5.97. The number of anilines is 1. The second kappa shape index (κ2) is 7.23. The van der Waals surface area contributed by atoms with Gasteiger partial charge < -0.3 is 10.6 Å². The summed E-state index contributed by atoms with van der Waals surface area (Å²) in [5, 5.41) is 7.94. The average Bonchev–Trinajstić information content (AvgIpc) is 2.96. The van der Waals surface area contributed by atoms with Crippen molar-refractivity contribution in [2.75, 3.05) is 11.6 Å². The van der Waals surface area contributed by atoms with Crippen LogP contribution in [0.25, 0.3) is 0 Å². The zero-order valence-corrected chi connectivity index (χ0v) is 16.2. The van der Waals surface area contributed by atoms with Crippen LogP contribution in [0.15, 0.2) is 6.07 Å². The van der Waals surface area contributed by atoms with E-state index in [0.29, 0.717) is 18.7 Å². The molecule has 142 valence electrons. The molecule has 0 saturated carbocycles. The van der Waals surface area contributed by atoms with Crippen LogP contribution in [0, 0.1) is 18.8 Å². The summed E-state index contributed by atoms with van der Waals surface area (Å²) in [6.07, 6.45) is 0.934. The number of fused-ring (bicyclic) bond motifs is 1. The van der Waals surface area contributed by atoms with Gasteiger partial charge in [0, 0.05) is 42.0 Å². The van der Waals surface area contributed by atoms with Crippen LogP contribution in [0.2, 0.25) is 0 Å². The number of carbonyl (C=O) groups is 2. The Kier molecular flexibility index (Phi) is 5.18. The second-order valence-electron chi connectivity index (χ2n) is 7.85. The van der Waals surface area contributed by atoms with Crippen LogP contribution in [0.4, 0.5) is 5.82 Å². The third-order valence-electron chi connectivity index (χ3n) is 5.27. The molecule has 3 rings (SSSR count).